The first-order chi connectivity index (χ1) is 8.86. The van der Waals surface area contributed by atoms with Gasteiger partial charge in [-0.1, -0.05) is 16.8 Å². The van der Waals surface area contributed by atoms with Crippen molar-refractivity contribution in [3.8, 4) is 0 Å². The molecule has 0 aliphatic carbocycles. The minimum atomic E-state index is -1.15. The molecule has 1 heterocycles. The molecule has 1 N–H and O–H groups in total. The molecule has 0 spiro atoms. The van der Waals surface area contributed by atoms with E-state index in [4.69, 9.17) is 9.26 Å². The third-order valence-corrected chi connectivity index (χ3v) is 2.71. The van der Waals surface area contributed by atoms with Gasteiger partial charge in [0.05, 0.1) is 6.61 Å². The molecule has 0 bridgehead atoms. The van der Waals surface area contributed by atoms with Crippen LogP contribution in [0, 0.1) is 0 Å². The maximum absolute atomic E-state index is 11.5. The van der Waals surface area contributed by atoms with E-state index >= 15 is 0 Å². The van der Waals surface area contributed by atoms with Crippen LogP contribution in [0.3, 0.4) is 0 Å². The van der Waals surface area contributed by atoms with Crippen molar-refractivity contribution < 1.29 is 19.2 Å². The van der Waals surface area contributed by atoms with E-state index in [1.165, 1.54) is 11.6 Å². The number of hydrogen-bond donors (Lipinski definition) is 1. The van der Waals surface area contributed by atoms with Gasteiger partial charge in [0, 0.05) is 6.07 Å². The molecule has 0 fully saturated rings. The second-order valence-corrected chi connectivity index (χ2v) is 4.89. The van der Waals surface area contributed by atoms with Crippen LogP contribution in [0.2, 0.25) is 0 Å². The van der Waals surface area contributed by atoms with E-state index in [1.807, 2.05) is 19.9 Å². The number of carbonyl (C=O) groups is 1. The van der Waals surface area contributed by atoms with Gasteiger partial charge < -0.3 is 14.4 Å². The van der Waals surface area contributed by atoms with Crippen LogP contribution in [0.5, 0.6) is 0 Å². The number of aliphatic hydroxyl groups is 1. The van der Waals surface area contributed by atoms with Gasteiger partial charge in [-0.05, 0) is 40.5 Å². The number of ether oxygens (including phenoxy) is 1. The summed E-state index contributed by atoms with van der Waals surface area (Å²) in [4.78, 5) is 11.5. The van der Waals surface area contributed by atoms with Crippen molar-refractivity contribution >= 4 is 5.97 Å². The molecule has 1 rings (SSSR count). The summed E-state index contributed by atoms with van der Waals surface area (Å²) in [6.07, 6.45) is 3.26. The Morgan fingerprint density at radius 3 is 2.84 bits per heavy atom. The number of aromatic nitrogens is 1. The molecule has 106 valence electrons. The predicted octanol–water partition coefficient (Wildman–Crippen LogP) is 2.81. The highest BCUT2D eigenvalue weighted by Gasteiger charge is 2.28. The molecular weight excluding hydrogens is 246 g/mol. The third-order valence-electron chi connectivity index (χ3n) is 2.71. The Labute approximate surface area is 113 Å². The number of carbonyl (C=O) groups excluding carboxylic acids is 1. The van der Waals surface area contributed by atoms with Crippen molar-refractivity contribution in [3.05, 3.63) is 29.2 Å². The maximum Gasteiger partial charge on any atom is 0.360 e. The molecule has 0 amide bonds. The highest BCUT2D eigenvalue weighted by molar-refractivity contribution is 5.87. The topological polar surface area (TPSA) is 72.6 Å². The fourth-order valence-corrected chi connectivity index (χ4v) is 1.60. The molecule has 5 heteroatoms. The maximum atomic E-state index is 11.5. The smallest absolute Gasteiger partial charge is 0.360 e. The van der Waals surface area contributed by atoms with Gasteiger partial charge in [0.15, 0.2) is 11.5 Å². The van der Waals surface area contributed by atoms with Gasteiger partial charge in [-0.2, -0.15) is 0 Å². The Morgan fingerprint density at radius 2 is 2.26 bits per heavy atom. The lowest BCUT2D eigenvalue weighted by Crippen LogP contribution is -2.20. The summed E-state index contributed by atoms with van der Waals surface area (Å²) in [6, 6.07) is 1.43. The van der Waals surface area contributed by atoms with E-state index in [1.54, 1.807) is 13.8 Å². The molecule has 1 aromatic rings. The average Bonchev–Trinajstić information content (AvgIpc) is 2.78. The zero-order valence-electron chi connectivity index (χ0n) is 11.9. The van der Waals surface area contributed by atoms with Gasteiger partial charge in [-0.25, -0.2) is 4.79 Å². The number of esters is 1. The number of nitrogens with zero attached hydrogens (tertiary/aromatic N) is 1. The molecule has 1 aromatic heterocycles. The number of allylic oxidation sites excluding steroid dienone is 2. The molecule has 0 radical (unpaired) electrons. The van der Waals surface area contributed by atoms with Gasteiger partial charge in [-0.15, -0.1) is 0 Å². The molecule has 19 heavy (non-hydrogen) atoms. The lowest BCUT2D eigenvalue weighted by atomic mass is 9.96. The van der Waals surface area contributed by atoms with E-state index in [9.17, 15) is 9.90 Å². The average molecular weight is 267 g/mol. The van der Waals surface area contributed by atoms with E-state index in [-0.39, 0.29) is 18.1 Å². The summed E-state index contributed by atoms with van der Waals surface area (Å²) < 4.78 is 9.85. The van der Waals surface area contributed by atoms with E-state index < -0.39 is 11.6 Å². The second kappa shape index (κ2) is 6.52. The highest BCUT2D eigenvalue weighted by atomic mass is 16.5. The Hall–Kier alpha value is -1.62. The molecular formula is C14H21NO4. The van der Waals surface area contributed by atoms with Crippen LogP contribution in [-0.4, -0.2) is 22.8 Å². The van der Waals surface area contributed by atoms with Crippen LogP contribution in [0.1, 0.15) is 56.8 Å². The Balaban J connectivity index is 2.73. The summed E-state index contributed by atoms with van der Waals surface area (Å²) in [5, 5.41) is 13.9. The van der Waals surface area contributed by atoms with Crippen molar-refractivity contribution in [2.45, 2.75) is 46.1 Å². The molecule has 1 unspecified atom stereocenters. The Morgan fingerprint density at radius 1 is 1.58 bits per heavy atom. The summed E-state index contributed by atoms with van der Waals surface area (Å²) >= 11 is 0. The standard InChI is InChI=1S/C14H21NO4/c1-5-18-13(16)11-9-12(19-15-11)14(4,17)8-6-7-10(2)3/h7,9,17H,5-6,8H2,1-4H3. The van der Waals surface area contributed by atoms with Crippen molar-refractivity contribution in [2.24, 2.45) is 0 Å². The molecule has 5 nitrogen and oxygen atoms in total. The van der Waals surface area contributed by atoms with Crippen LogP contribution >= 0.6 is 0 Å². The summed E-state index contributed by atoms with van der Waals surface area (Å²) in [5.74, 6) is -0.268. The summed E-state index contributed by atoms with van der Waals surface area (Å²) in [7, 11) is 0. The minimum Gasteiger partial charge on any atom is -0.461 e. The SMILES string of the molecule is CCOC(=O)c1cc(C(C)(O)CCC=C(C)C)on1. The predicted molar refractivity (Wildman–Crippen MR) is 70.7 cm³/mol. The number of rotatable bonds is 6. The van der Waals surface area contributed by atoms with Crippen LogP contribution in [0.15, 0.2) is 22.2 Å². The first-order valence-corrected chi connectivity index (χ1v) is 6.37. The van der Waals surface area contributed by atoms with Crippen molar-refractivity contribution in [3.63, 3.8) is 0 Å². The van der Waals surface area contributed by atoms with E-state index in [2.05, 4.69) is 5.16 Å². The van der Waals surface area contributed by atoms with E-state index in [0.29, 0.717) is 6.42 Å². The summed E-state index contributed by atoms with van der Waals surface area (Å²) in [5.41, 5.74) is 0.129. The van der Waals surface area contributed by atoms with Gasteiger partial charge in [0.25, 0.3) is 0 Å². The largest absolute Gasteiger partial charge is 0.461 e. The van der Waals surface area contributed by atoms with E-state index in [0.717, 1.165) is 6.42 Å². The van der Waals surface area contributed by atoms with Crippen LogP contribution in [-0.2, 0) is 10.3 Å². The first-order valence-electron chi connectivity index (χ1n) is 6.37. The fraction of sp³-hybridized carbons (Fsp3) is 0.571. The van der Waals surface area contributed by atoms with Crippen molar-refractivity contribution in [1.82, 2.24) is 5.16 Å². The molecule has 0 aromatic carbocycles. The van der Waals surface area contributed by atoms with Gasteiger partial charge in [0.1, 0.15) is 5.60 Å². The lowest BCUT2D eigenvalue weighted by molar-refractivity contribution is 0.0203. The van der Waals surface area contributed by atoms with Gasteiger partial charge >= 0.3 is 5.97 Å². The lowest BCUT2D eigenvalue weighted by Gasteiger charge is -2.18. The molecule has 0 saturated heterocycles. The molecule has 0 saturated carbocycles. The van der Waals surface area contributed by atoms with Crippen LogP contribution in [0.25, 0.3) is 0 Å². The highest BCUT2D eigenvalue weighted by Crippen LogP contribution is 2.27. The van der Waals surface area contributed by atoms with Crippen LogP contribution < -0.4 is 0 Å². The Bertz CT molecular complexity index is 456. The first kappa shape index (κ1) is 15.4. The third kappa shape index (κ3) is 4.52. The number of hydrogen-bond acceptors (Lipinski definition) is 5. The normalized spacial score (nSPS) is 13.7. The van der Waals surface area contributed by atoms with Crippen molar-refractivity contribution in [1.29, 1.82) is 0 Å². The fourth-order valence-electron chi connectivity index (χ4n) is 1.60. The monoisotopic (exact) mass is 267 g/mol. The second-order valence-electron chi connectivity index (χ2n) is 4.89. The molecule has 0 aliphatic heterocycles. The minimum absolute atomic E-state index is 0.0827. The molecule has 1 atom stereocenters. The van der Waals surface area contributed by atoms with Gasteiger partial charge in [-0.3, -0.25) is 0 Å². The van der Waals surface area contributed by atoms with Gasteiger partial charge in [0.2, 0.25) is 0 Å². The zero-order chi connectivity index (χ0) is 14.5. The molecule has 0 aliphatic rings. The Kier molecular flexibility index (Phi) is 5.30. The zero-order valence-corrected chi connectivity index (χ0v) is 11.9. The quantitative estimate of drug-likeness (QED) is 0.633. The van der Waals surface area contributed by atoms with Crippen LogP contribution in [0.4, 0.5) is 0 Å². The van der Waals surface area contributed by atoms with Crippen molar-refractivity contribution in [2.75, 3.05) is 6.61 Å². The summed E-state index contributed by atoms with van der Waals surface area (Å²) in [6.45, 7) is 7.64.